The highest BCUT2D eigenvalue weighted by Crippen LogP contribution is 2.30. The van der Waals surface area contributed by atoms with E-state index in [4.69, 9.17) is 4.98 Å². The van der Waals surface area contributed by atoms with Crippen molar-refractivity contribution in [1.82, 2.24) is 19.9 Å². The molecule has 1 N–H and O–H groups in total. The van der Waals surface area contributed by atoms with Crippen LogP contribution in [0.1, 0.15) is 50.5 Å². The third kappa shape index (κ3) is 3.22. The molecule has 1 fully saturated rings. The zero-order chi connectivity index (χ0) is 15.7. The number of fused-ring (bicyclic) bond motifs is 1. The summed E-state index contributed by atoms with van der Waals surface area (Å²) in [6, 6.07) is 1.22. The van der Waals surface area contributed by atoms with Gasteiger partial charge in [0, 0.05) is 18.0 Å². The fraction of sp³-hybridized carbons (Fsp3) is 0.688. The summed E-state index contributed by atoms with van der Waals surface area (Å²) in [6.07, 6.45) is 6.52. The fourth-order valence-electron chi connectivity index (χ4n) is 3.05. The molecule has 0 aromatic carbocycles. The van der Waals surface area contributed by atoms with E-state index in [-0.39, 0.29) is 0 Å². The van der Waals surface area contributed by atoms with Gasteiger partial charge in [-0.1, -0.05) is 25.2 Å². The maximum Gasteiger partial charge on any atom is 0.157 e. The first-order valence-corrected chi connectivity index (χ1v) is 8.90. The van der Waals surface area contributed by atoms with Crippen molar-refractivity contribution in [3.63, 3.8) is 0 Å². The molecule has 0 spiro atoms. The van der Waals surface area contributed by atoms with E-state index in [9.17, 15) is 0 Å². The van der Waals surface area contributed by atoms with Crippen LogP contribution in [0, 0.1) is 0 Å². The van der Waals surface area contributed by atoms with Crippen molar-refractivity contribution in [3.8, 4) is 0 Å². The molecule has 1 aliphatic rings. The Bertz CT molecular complexity index is 628. The van der Waals surface area contributed by atoms with Gasteiger partial charge in [-0.3, -0.25) is 0 Å². The standard InChI is InChI=1S/C16H25N5S/c1-10(2)15-20-13-14(17-9-18-16(13)22-15)19-11-5-7-12(8-6-11)21(3)4/h9-12H,5-8H2,1-4H3,(H,17,18,19)/t11-,12-. The van der Waals surface area contributed by atoms with Crippen LogP contribution < -0.4 is 5.32 Å². The Morgan fingerprint density at radius 1 is 1.18 bits per heavy atom. The molecule has 2 heterocycles. The van der Waals surface area contributed by atoms with Gasteiger partial charge in [0.2, 0.25) is 0 Å². The summed E-state index contributed by atoms with van der Waals surface area (Å²) < 4.78 is 0. The molecule has 0 radical (unpaired) electrons. The Morgan fingerprint density at radius 2 is 1.91 bits per heavy atom. The van der Waals surface area contributed by atoms with Crippen molar-refractivity contribution < 1.29 is 0 Å². The molecule has 6 heteroatoms. The molecule has 0 unspecified atom stereocenters. The van der Waals surface area contributed by atoms with Crippen LogP contribution >= 0.6 is 11.3 Å². The normalized spacial score (nSPS) is 22.6. The lowest BCUT2D eigenvalue weighted by Crippen LogP contribution is -2.36. The largest absolute Gasteiger partial charge is 0.365 e. The van der Waals surface area contributed by atoms with Gasteiger partial charge in [0.1, 0.15) is 16.7 Å². The molecule has 0 amide bonds. The van der Waals surface area contributed by atoms with Crippen LogP contribution in [0.25, 0.3) is 10.3 Å². The summed E-state index contributed by atoms with van der Waals surface area (Å²) in [5.41, 5.74) is 0.936. The number of thiazole rings is 1. The topological polar surface area (TPSA) is 53.9 Å². The highest BCUT2D eigenvalue weighted by atomic mass is 32.1. The number of nitrogens with one attached hydrogen (secondary N) is 1. The van der Waals surface area contributed by atoms with Crippen LogP contribution in [0.2, 0.25) is 0 Å². The van der Waals surface area contributed by atoms with E-state index in [0.717, 1.165) is 27.2 Å². The number of rotatable bonds is 4. The van der Waals surface area contributed by atoms with E-state index in [1.54, 1.807) is 17.7 Å². The summed E-state index contributed by atoms with van der Waals surface area (Å²) in [6.45, 7) is 4.33. The third-order valence-electron chi connectivity index (χ3n) is 4.47. The lowest BCUT2D eigenvalue weighted by atomic mass is 9.90. The molecular weight excluding hydrogens is 294 g/mol. The minimum absolute atomic E-state index is 0.433. The van der Waals surface area contributed by atoms with Crippen LogP contribution in [-0.2, 0) is 0 Å². The van der Waals surface area contributed by atoms with E-state index in [2.05, 4.69) is 48.1 Å². The first kappa shape index (κ1) is 15.6. The van der Waals surface area contributed by atoms with Gasteiger partial charge in [-0.2, -0.15) is 0 Å². The van der Waals surface area contributed by atoms with Crippen molar-refractivity contribution in [2.24, 2.45) is 0 Å². The number of hydrogen-bond donors (Lipinski definition) is 1. The maximum atomic E-state index is 4.74. The van der Waals surface area contributed by atoms with Gasteiger partial charge in [0.05, 0.1) is 5.01 Å². The Morgan fingerprint density at radius 3 is 2.55 bits per heavy atom. The van der Waals surface area contributed by atoms with Gasteiger partial charge in [0.25, 0.3) is 0 Å². The Balaban J connectivity index is 1.74. The number of anilines is 1. The molecule has 0 bridgehead atoms. The minimum Gasteiger partial charge on any atom is -0.365 e. The van der Waals surface area contributed by atoms with Gasteiger partial charge in [-0.15, -0.1) is 0 Å². The van der Waals surface area contributed by atoms with E-state index in [1.807, 2.05) is 0 Å². The maximum absolute atomic E-state index is 4.74. The van der Waals surface area contributed by atoms with E-state index < -0.39 is 0 Å². The summed E-state index contributed by atoms with van der Waals surface area (Å²) in [4.78, 5) is 16.9. The lowest BCUT2D eigenvalue weighted by molar-refractivity contribution is 0.221. The molecule has 1 aliphatic carbocycles. The second-order valence-electron chi connectivity index (χ2n) is 6.70. The van der Waals surface area contributed by atoms with Crippen LogP contribution in [0.15, 0.2) is 6.33 Å². The Kier molecular flexibility index (Phi) is 4.59. The van der Waals surface area contributed by atoms with Crippen molar-refractivity contribution in [1.29, 1.82) is 0 Å². The third-order valence-corrected chi connectivity index (χ3v) is 5.74. The van der Waals surface area contributed by atoms with Crippen molar-refractivity contribution in [3.05, 3.63) is 11.3 Å². The zero-order valence-corrected chi connectivity index (χ0v) is 14.7. The molecule has 120 valence electrons. The second kappa shape index (κ2) is 6.46. The van der Waals surface area contributed by atoms with Crippen LogP contribution in [0.5, 0.6) is 0 Å². The van der Waals surface area contributed by atoms with Crippen molar-refractivity contribution in [2.45, 2.75) is 57.5 Å². The highest BCUT2D eigenvalue weighted by Gasteiger charge is 2.23. The number of aromatic nitrogens is 3. The predicted molar refractivity (Wildman–Crippen MR) is 92.7 cm³/mol. The van der Waals surface area contributed by atoms with Gasteiger partial charge >= 0.3 is 0 Å². The molecule has 2 aromatic heterocycles. The molecule has 0 aliphatic heterocycles. The monoisotopic (exact) mass is 319 g/mol. The SMILES string of the molecule is CC(C)c1nc2c(N[C@H]3CC[C@H](N(C)C)CC3)ncnc2s1. The van der Waals surface area contributed by atoms with Gasteiger partial charge < -0.3 is 10.2 Å². The highest BCUT2D eigenvalue weighted by molar-refractivity contribution is 7.18. The molecule has 0 atom stereocenters. The van der Waals surface area contributed by atoms with Crippen LogP contribution in [0.4, 0.5) is 5.82 Å². The average molecular weight is 319 g/mol. The van der Waals surface area contributed by atoms with E-state index >= 15 is 0 Å². The molecule has 0 saturated heterocycles. The molecule has 22 heavy (non-hydrogen) atoms. The minimum atomic E-state index is 0.433. The zero-order valence-electron chi connectivity index (χ0n) is 13.8. The second-order valence-corrected chi connectivity index (χ2v) is 7.71. The van der Waals surface area contributed by atoms with Gasteiger partial charge in [-0.05, 0) is 39.8 Å². The lowest BCUT2D eigenvalue weighted by Gasteiger charge is -2.33. The van der Waals surface area contributed by atoms with Crippen LogP contribution in [-0.4, -0.2) is 46.0 Å². The smallest absolute Gasteiger partial charge is 0.157 e. The summed E-state index contributed by atoms with van der Waals surface area (Å²) in [7, 11) is 4.35. The number of hydrogen-bond acceptors (Lipinski definition) is 6. The quantitative estimate of drug-likeness (QED) is 0.935. The van der Waals surface area contributed by atoms with Crippen molar-refractivity contribution >= 4 is 27.5 Å². The summed E-state index contributed by atoms with van der Waals surface area (Å²) in [5.74, 6) is 1.34. The van der Waals surface area contributed by atoms with Gasteiger partial charge in [0.15, 0.2) is 5.82 Å². The summed E-state index contributed by atoms with van der Waals surface area (Å²) in [5, 5.41) is 4.74. The fourth-order valence-corrected chi connectivity index (χ4v) is 3.96. The van der Waals surface area contributed by atoms with E-state index in [0.29, 0.717) is 12.0 Å². The first-order valence-electron chi connectivity index (χ1n) is 8.09. The Labute approximate surface area is 136 Å². The molecular formula is C16H25N5S. The number of nitrogens with zero attached hydrogens (tertiary/aromatic N) is 4. The van der Waals surface area contributed by atoms with Crippen molar-refractivity contribution in [2.75, 3.05) is 19.4 Å². The van der Waals surface area contributed by atoms with Gasteiger partial charge in [-0.25, -0.2) is 15.0 Å². The van der Waals surface area contributed by atoms with Crippen LogP contribution in [0.3, 0.4) is 0 Å². The first-order chi connectivity index (χ1) is 10.5. The molecule has 1 saturated carbocycles. The Hall–Kier alpha value is -1.27. The molecule has 2 aromatic rings. The average Bonchev–Trinajstić information content (AvgIpc) is 2.93. The molecule has 5 nitrogen and oxygen atoms in total. The summed E-state index contributed by atoms with van der Waals surface area (Å²) >= 11 is 1.68. The van der Waals surface area contributed by atoms with E-state index in [1.165, 1.54) is 25.7 Å². The predicted octanol–water partition coefficient (Wildman–Crippen LogP) is 3.49. The molecule has 3 rings (SSSR count).